The first-order valence-corrected chi connectivity index (χ1v) is 11.9. The number of piperazine rings is 1. The third-order valence-corrected chi connectivity index (χ3v) is 6.52. The zero-order valence-electron chi connectivity index (χ0n) is 20.5. The first kappa shape index (κ1) is 24.7. The minimum absolute atomic E-state index is 0.173. The number of oxime groups is 1. The number of benzene rings is 2. The molecule has 0 spiro atoms. The van der Waals surface area contributed by atoms with Crippen molar-refractivity contribution in [3.8, 4) is 17.1 Å². The van der Waals surface area contributed by atoms with Gasteiger partial charge in [0, 0.05) is 50.7 Å². The van der Waals surface area contributed by atoms with Crippen molar-refractivity contribution in [2.45, 2.75) is 18.9 Å². The van der Waals surface area contributed by atoms with E-state index >= 15 is 0 Å². The molecule has 0 aliphatic carbocycles. The summed E-state index contributed by atoms with van der Waals surface area (Å²) < 4.78 is 11.4. The quantitative estimate of drug-likeness (QED) is 0.410. The van der Waals surface area contributed by atoms with Gasteiger partial charge < -0.3 is 19.2 Å². The lowest BCUT2D eigenvalue weighted by Crippen LogP contribution is -2.46. The van der Waals surface area contributed by atoms with Gasteiger partial charge in [0.1, 0.15) is 19.2 Å². The Morgan fingerprint density at radius 2 is 1.89 bits per heavy atom. The molecular weight excluding hydrogens is 444 g/mol. The highest BCUT2D eigenvalue weighted by Gasteiger charge is 2.24. The molecule has 2 aliphatic rings. The number of ether oxygens (including phenoxy) is 2. The van der Waals surface area contributed by atoms with E-state index in [2.05, 4.69) is 72.0 Å². The van der Waals surface area contributed by atoms with E-state index in [9.17, 15) is 0 Å². The number of rotatable bonds is 7. The van der Waals surface area contributed by atoms with Crippen molar-refractivity contribution in [2.24, 2.45) is 5.16 Å². The van der Waals surface area contributed by atoms with Gasteiger partial charge in [-0.15, -0.1) is 5.16 Å². The van der Waals surface area contributed by atoms with Crippen molar-refractivity contribution in [2.75, 3.05) is 58.5 Å². The fraction of sp³-hybridized carbons (Fsp3) is 0.423. The molecule has 0 amide bonds. The summed E-state index contributed by atoms with van der Waals surface area (Å²) in [5.74, 6) is 1.73. The Morgan fingerprint density at radius 1 is 1.11 bits per heavy atom. The Bertz CT molecular complexity index is 1050. The minimum Gasteiger partial charge on any atom is -0.497 e. The molecule has 1 N–H and O–H groups in total. The summed E-state index contributed by atoms with van der Waals surface area (Å²) in [4.78, 5) is 13.3. The van der Waals surface area contributed by atoms with Crippen molar-refractivity contribution < 1.29 is 14.3 Å². The van der Waals surface area contributed by atoms with Gasteiger partial charge in [0.25, 0.3) is 0 Å². The molecule has 1 saturated heterocycles. The van der Waals surface area contributed by atoms with Crippen LogP contribution >= 0.6 is 0 Å². The van der Waals surface area contributed by atoms with Crippen LogP contribution in [0.15, 0.2) is 53.9 Å². The number of aromatic nitrogens is 3. The monoisotopic (exact) mass is 478 g/mol. The lowest BCUT2D eigenvalue weighted by molar-refractivity contribution is 0.0289. The zero-order valence-corrected chi connectivity index (χ0v) is 20.5. The van der Waals surface area contributed by atoms with Crippen LogP contribution in [0.5, 0.6) is 5.75 Å². The van der Waals surface area contributed by atoms with E-state index in [0.717, 1.165) is 69.3 Å². The second kappa shape index (κ2) is 12.3. The number of hydrogen-bond acceptors (Lipinski definition) is 8. The maximum Gasteiger partial charge on any atom is 0.155 e. The third-order valence-electron chi connectivity index (χ3n) is 6.52. The molecule has 3 aromatic rings. The van der Waals surface area contributed by atoms with Gasteiger partial charge in [-0.3, -0.25) is 10.00 Å². The Labute approximate surface area is 206 Å². The van der Waals surface area contributed by atoms with Crippen LogP contribution in [0.2, 0.25) is 0 Å². The predicted molar refractivity (Wildman–Crippen MR) is 137 cm³/mol. The van der Waals surface area contributed by atoms with E-state index in [4.69, 9.17) is 9.47 Å². The second-order valence-electron chi connectivity index (χ2n) is 8.48. The third kappa shape index (κ3) is 6.37. The highest BCUT2D eigenvalue weighted by Crippen LogP contribution is 2.32. The molecule has 35 heavy (non-hydrogen) atoms. The van der Waals surface area contributed by atoms with E-state index < -0.39 is 0 Å². The maximum absolute atomic E-state index is 6.15. The standard InChI is InChI=1S/C24H29N5O2.C2H5NO/c1-30-21-5-3-20(4-6-21)29-13-11-28(12-14-29)10-8-23-22-7-2-19(24-25-17-26-27-24)16-18(22)9-15-31-23;1-3-4-2/h2-7,16-17,23H,8-15H2,1H3,(H,25,26,27);1H2,2H3. The molecule has 1 atom stereocenters. The van der Waals surface area contributed by atoms with Gasteiger partial charge in [-0.25, -0.2) is 4.98 Å². The summed E-state index contributed by atoms with van der Waals surface area (Å²) in [7, 11) is 3.16. The number of methoxy groups -OCH3 is 1. The smallest absolute Gasteiger partial charge is 0.155 e. The van der Waals surface area contributed by atoms with Crippen molar-refractivity contribution in [3.63, 3.8) is 0 Å². The van der Waals surface area contributed by atoms with Crippen LogP contribution in [-0.4, -0.2) is 80.3 Å². The normalized spacial score (nSPS) is 17.7. The Morgan fingerprint density at radius 3 is 2.54 bits per heavy atom. The highest BCUT2D eigenvalue weighted by atomic mass is 16.6. The van der Waals surface area contributed by atoms with Crippen LogP contribution in [-0.2, 0) is 16.0 Å². The molecule has 3 heterocycles. The van der Waals surface area contributed by atoms with Gasteiger partial charge in [-0.05, 0) is 54.3 Å². The lowest BCUT2D eigenvalue weighted by atomic mass is 9.93. The summed E-state index contributed by atoms with van der Waals surface area (Å²) in [6.07, 6.45) is 3.70. The lowest BCUT2D eigenvalue weighted by Gasteiger charge is -2.37. The van der Waals surface area contributed by atoms with E-state index in [1.54, 1.807) is 13.4 Å². The average Bonchev–Trinajstić information content (AvgIpc) is 3.47. The molecular formula is C26H34N6O3. The molecule has 5 rings (SSSR count). The number of aromatic amines is 1. The maximum atomic E-state index is 6.15. The van der Waals surface area contributed by atoms with Gasteiger partial charge in [0.2, 0.25) is 0 Å². The average molecular weight is 479 g/mol. The van der Waals surface area contributed by atoms with E-state index in [0.29, 0.717) is 0 Å². The molecule has 1 fully saturated rings. The molecule has 2 aliphatic heterocycles. The summed E-state index contributed by atoms with van der Waals surface area (Å²) >= 11 is 0. The van der Waals surface area contributed by atoms with Crippen molar-refractivity contribution >= 4 is 12.4 Å². The van der Waals surface area contributed by atoms with E-state index in [-0.39, 0.29) is 6.10 Å². The van der Waals surface area contributed by atoms with Crippen LogP contribution in [0, 0.1) is 0 Å². The molecule has 1 unspecified atom stereocenters. The van der Waals surface area contributed by atoms with Crippen molar-refractivity contribution in [1.29, 1.82) is 0 Å². The molecule has 0 bridgehead atoms. The number of anilines is 1. The molecule has 0 radical (unpaired) electrons. The summed E-state index contributed by atoms with van der Waals surface area (Å²) in [6.45, 7) is 9.11. The second-order valence-corrected chi connectivity index (χ2v) is 8.48. The van der Waals surface area contributed by atoms with Gasteiger partial charge in [0.05, 0.1) is 19.8 Å². The molecule has 186 valence electrons. The summed E-state index contributed by atoms with van der Waals surface area (Å²) in [5.41, 5.74) is 5.06. The van der Waals surface area contributed by atoms with Gasteiger partial charge in [-0.2, -0.15) is 5.10 Å². The number of nitrogens with zero attached hydrogens (tertiary/aromatic N) is 5. The van der Waals surface area contributed by atoms with Crippen molar-refractivity contribution in [1.82, 2.24) is 20.1 Å². The van der Waals surface area contributed by atoms with Crippen LogP contribution in [0.4, 0.5) is 5.69 Å². The Hall–Kier alpha value is -3.43. The number of H-pyrrole nitrogens is 1. The van der Waals surface area contributed by atoms with Crippen LogP contribution in [0.3, 0.4) is 0 Å². The molecule has 1 aromatic heterocycles. The van der Waals surface area contributed by atoms with E-state index in [1.807, 2.05) is 12.1 Å². The summed E-state index contributed by atoms with van der Waals surface area (Å²) in [6, 6.07) is 14.9. The minimum atomic E-state index is 0.173. The SMILES string of the molecule is C=NOC.COc1ccc(N2CCN(CCC3OCCc4cc(-c5ncn[nH]5)ccc43)CC2)cc1. The van der Waals surface area contributed by atoms with E-state index in [1.165, 1.54) is 23.9 Å². The number of fused-ring (bicyclic) bond motifs is 1. The predicted octanol–water partition coefficient (Wildman–Crippen LogP) is 3.55. The summed E-state index contributed by atoms with van der Waals surface area (Å²) in [5, 5.41) is 9.90. The zero-order chi connectivity index (χ0) is 24.5. The first-order chi connectivity index (χ1) is 17.2. The van der Waals surface area contributed by atoms with Gasteiger partial charge >= 0.3 is 0 Å². The molecule has 2 aromatic carbocycles. The topological polar surface area (TPSA) is 88.1 Å². The Balaban J connectivity index is 0.000000672. The molecule has 9 nitrogen and oxygen atoms in total. The fourth-order valence-corrected chi connectivity index (χ4v) is 4.59. The van der Waals surface area contributed by atoms with Crippen molar-refractivity contribution in [3.05, 3.63) is 59.9 Å². The van der Waals surface area contributed by atoms with Crippen LogP contribution < -0.4 is 9.64 Å². The fourth-order valence-electron chi connectivity index (χ4n) is 4.59. The van der Waals surface area contributed by atoms with Crippen LogP contribution in [0.1, 0.15) is 23.7 Å². The number of nitrogens with one attached hydrogen (secondary N) is 1. The van der Waals surface area contributed by atoms with Gasteiger partial charge in [0.15, 0.2) is 5.82 Å². The molecule has 9 heteroatoms. The van der Waals surface area contributed by atoms with Crippen LogP contribution in [0.25, 0.3) is 11.4 Å². The Kier molecular flexibility index (Phi) is 8.69. The molecule has 0 saturated carbocycles. The highest BCUT2D eigenvalue weighted by molar-refractivity contribution is 5.57. The number of hydrogen-bond donors (Lipinski definition) is 1. The van der Waals surface area contributed by atoms with Gasteiger partial charge in [-0.1, -0.05) is 12.1 Å². The first-order valence-electron chi connectivity index (χ1n) is 11.9. The largest absolute Gasteiger partial charge is 0.497 e.